The van der Waals surface area contributed by atoms with Crippen LogP contribution in [0.15, 0.2) is 48.6 Å². The van der Waals surface area contributed by atoms with Gasteiger partial charge in [-0.05, 0) is 0 Å². The van der Waals surface area contributed by atoms with Crippen molar-refractivity contribution in [2.75, 3.05) is 0 Å². The van der Waals surface area contributed by atoms with Crippen LogP contribution in [0.25, 0.3) is 0 Å². The van der Waals surface area contributed by atoms with Gasteiger partial charge in [0.2, 0.25) is 0 Å². The fourth-order valence-corrected chi connectivity index (χ4v) is 2.20. The molecule has 9 nitrogen and oxygen atoms in total. The first-order valence-corrected chi connectivity index (χ1v) is 6.59. The van der Waals surface area contributed by atoms with Crippen molar-refractivity contribution in [3.05, 3.63) is 68.8 Å². The molecule has 0 bridgehead atoms. The fourth-order valence-electron chi connectivity index (χ4n) is 2.20. The van der Waals surface area contributed by atoms with Crippen LogP contribution >= 0.6 is 0 Å². The summed E-state index contributed by atoms with van der Waals surface area (Å²) in [4.78, 5) is 45.0. The number of allylic oxidation sites excluding steroid dienone is 4. The Morgan fingerprint density at radius 1 is 0.826 bits per heavy atom. The summed E-state index contributed by atoms with van der Waals surface area (Å²) in [5.74, 6) is -2.89. The smallest absolute Gasteiger partial charge is 0.382 e. The molecule has 0 fully saturated rings. The van der Waals surface area contributed by atoms with E-state index in [0.717, 1.165) is 12.2 Å². The molecule has 0 spiro atoms. The van der Waals surface area contributed by atoms with Crippen molar-refractivity contribution in [1.29, 1.82) is 0 Å². The summed E-state index contributed by atoms with van der Waals surface area (Å²) < 4.78 is 4.53. The molecular formula is C14H12N2O7. The maximum Gasteiger partial charge on any atom is 0.397 e. The Balaban J connectivity index is 2.26. The van der Waals surface area contributed by atoms with E-state index in [0.29, 0.717) is 0 Å². The molecule has 0 radical (unpaired) electrons. The van der Waals surface area contributed by atoms with E-state index in [-0.39, 0.29) is 12.8 Å². The van der Waals surface area contributed by atoms with Gasteiger partial charge in [-0.1, -0.05) is 36.5 Å². The van der Waals surface area contributed by atoms with Crippen molar-refractivity contribution in [2.24, 2.45) is 0 Å². The number of carbonyl (C=O) groups is 2. The molecule has 0 aliphatic heterocycles. The van der Waals surface area contributed by atoms with Gasteiger partial charge in [-0.15, -0.1) is 0 Å². The average Bonchev–Trinajstić information content (AvgIpc) is 2.55. The van der Waals surface area contributed by atoms with Crippen molar-refractivity contribution in [2.45, 2.75) is 23.9 Å². The Labute approximate surface area is 129 Å². The van der Waals surface area contributed by atoms with Gasteiger partial charge >= 0.3 is 23.0 Å². The normalized spacial score (nSPS) is 28.3. The standard InChI is InChI=1S/C14H12N2O7/c17-11(13(15(19)20)7-3-1-4-8-13)23-12(18)14(16(21)22)9-5-2-6-10-14/h1-7,9H,8,10H2. The first-order chi connectivity index (χ1) is 10.8. The SMILES string of the molecule is O=C(OC(=O)C1([N+](=O)[O-])C=CC=CC1)C1([N+](=O)[O-])C=CC=CC1. The monoisotopic (exact) mass is 320 g/mol. The molecule has 23 heavy (non-hydrogen) atoms. The van der Waals surface area contributed by atoms with Gasteiger partial charge < -0.3 is 4.74 Å². The van der Waals surface area contributed by atoms with Crippen LogP contribution in [0.1, 0.15) is 12.8 Å². The van der Waals surface area contributed by atoms with E-state index < -0.39 is 32.9 Å². The van der Waals surface area contributed by atoms with E-state index in [1.807, 2.05) is 0 Å². The molecule has 0 aromatic rings. The number of nitrogens with zero attached hydrogens (tertiary/aromatic N) is 2. The zero-order chi connectivity index (χ0) is 17.1. The van der Waals surface area contributed by atoms with Crippen LogP contribution in [-0.2, 0) is 14.3 Å². The van der Waals surface area contributed by atoms with E-state index in [2.05, 4.69) is 4.74 Å². The lowest BCUT2D eigenvalue weighted by atomic mass is 9.90. The van der Waals surface area contributed by atoms with Crippen LogP contribution in [0.3, 0.4) is 0 Å². The molecule has 9 heteroatoms. The van der Waals surface area contributed by atoms with Crippen molar-refractivity contribution in [3.8, 4) is 0 Å². The van der Waals surface area contributed by atoms with Crippen LogP contribution in [0.4, 0.5) is 0 Å². The maximum absolute atomic E-state index is 12.1. The maximum atomic E-state index is 12.1. The lowest BCUT2D eigenvalue weighted by Gasteiger charge is -2.23. The van der Waals surface area contributed by atoms with Crippen LogP contribution in [0.5, 0.6) is 0 Å². The average molecular weight is 320 g/mol. The molecule has 2 unspecified atom stereocenters. The topological polar surface area (TPSA) is 130 Å². The summed E-state index contributed by atoms with van der Waals surface area (Å²) in [5.41, 5.74) is -4.51. The first kappa shape index (κ1) is 16.3. The van der Waals surface area contributed by atoms with Crippen molar-refractivity contribution in [3.63, 3.8) is 0 Å². The van der Waals surface area contributed by atoms with E-state index in [1.165, 1.54) is 36.5 Å². The first-order valence-electron chi connectivity index (χ1n) is 6.59. The Hall–Kier alpha value is -3.10. The van der Waals surface area contributed by atoms with Crippen LogP contribution < -0.4 is 0 Å². The molecule has 0 amide bonds. The molecule has 2 aliphatic rings. The molecule has 2 rings (SSSR count). The summed E-state index contributed by atoms with van der Waals surface area (Å²) in [6.45, 7) is 0. The molecule has 0 aromatic carbocycles. The number of nitro groups is 2. The molecular weight excluding hydrogens is 308 g/mol. The minimum absolute atomic E-state index is 0.302. The van der Waals surface area contributed by atoms with Gasteiger partial charge in [0.05, 0.1) is 12.8 Å². The second-order valence-corrected chi connectivity index (χ2v) is 5.02. The van der Waals surface area contributed by atoms with Gasteiger partial charge in [0, 0.05) is 22.0 Å². The van der Waals surface area contributed by atoms with E-state index in [9.17, 15) is 29.8 Å². The second-order valence-electron chi connectivity index (χ2n) is 5.02. The van der Waals surface area contributed by atoms with Gasteiger partial charge in [0.1, 0.15) is 0 Å². The zero-order valence-corrected chi connectivity index (χ0v) is 11.8. The minimum Gasteiger partial charge on any atom is -0.382 e. The lowest BCUT2D eigenvalue weighted by molar-refractivity contribution is -0.545. The Bertz CT molecular complexity index is 633. The summed E-state index contributed by atoms with van der Waals surface area (Å²) >= 11 is 0. The molecule has 0 heterocycles. The van der Waals surface area contributed by atoms with Gasteiger partial charge in [-0.25, -0.2) is 9.59 Å². The van der Waals surface area contributed by atoms with Crippen molar-refractivity contribution in [1.82, 2.24) is 0 Å². The molecule has 0 N–H and O–H groups in total. The van der Waals surface area contributed by atoms with Gasteiger partial charge in [0.25, 0.3) is 0 Å². The highest BCUT2D eigenvalue weighted by Gasteiger charge is 2.56. The molecule has 0 saturated heterocycles. The third kappa shape index (κ3) is 2.68. The lowest BCUT2D eigenvalue weighted by Crippen LogP contribution is -2.52. The molecule has 2 aliphatic carbocycles. The molecule has 0 aromatic heterocycles. The van der Waals surface area contributed by atoms with Gasteiger partial charge in [-0.3, -0.25) is 20.2 Å². The molecule has 2 atom stereocenters. The molecule has 120 valence electrons. The van der Waals surface area contributed by atoms with Crippen LogP contribution in [0, 0.1) is 20.2 Å². The van der Waals surface area contributed by atoms with Gasteiger partial charge in [-0.2, -0.15) is 0 Å². The minimum atomic E-state index is -2.25. The van der Waals surface area contributed by atoms with E-state index in [1.54, 1.807) is 0 Å². The zero-order valence-electron chi connectivity index (χ0n) is 11.8. The van der Waals surface area contributed by atoms with E-state index >= 15 is 0 Å². The number of hydrogen-bond acceptors (Lipinski definition) is 7. The second kappa shape index (κ2) is 5.95. The van der Waals surface area contributed by atoms with Crippen LogP contribution in [-0.4, -0.2) is 32.9 Å². The van der Waals surface area contributed by atoms with Crippen molar-refractivity contribution < 1.29 is 24.2 Å². The third-order valence-corrected chi connectivity index (χ3v) is 3.64. The van der Waals surface area contributed by atoms with Gasteiger partial charge in [0.15, 0.2) is 0 Å². The summed E-state index contributed by atoms with van der Waals surface area (Å²) in [6, 6.07) is 0. The van der Waals surface area contributed by atoms with Crippen molar-refractivity contribution >= 4 is 11.9 Å². The highest BCUT2D eigenvalue weighted by Crippen LogP contribution is 2.27. The quantitative estimate of drug-likeness (QED) is 0.328. The highest BCUT2D eigenvalue weighted by atomic mass is 16.7. The third-order valence-electron chi connectivity index (χ3n) is 3.64. The molecule has 0 saturated carbocycles. The predicted octanol–water partition coefficient (Wildman–Crippen LogP) is 1.12. The summed E-state index contributed by atoms with van der Waals surface area (Å²) in [6.07, 6.45) is 9.72. The predicted molar refractivity (Wildman–Crippen MR) is 76.3 cm³/mol. The number of hydrogen-bond donors (Lipinski definition) is 0. The Morgan fingerprint density at radius 3 is 1.48 bits per heavy atom. The van der Waals surface area contributed by atoms with E-state index in [4.69, 9.17) is 0 Å². The fraction of sp³-hybridized carbons (Fsp3) is 0.286. The summed E-state index contributed by atoms with van der Waals surface area (Å²) in [7, 11) is 0. The largest absolute Gasteiger partial charge is 0.397 e. The number of carbonyl (C=O) groups excluding carboxylic acids is 2. The number of rotatable bonds is 4. The van der Waals surface area contributed by atoms with Crippen LogP contribution in [0.2, 0.25) is 0 Å². The Morgan fingerprint density at radius 2 is 1.22 bits per heavy atom. The number of esters is 2. The number of ether oxygens (including phenoxy) is 1. The summed E-state index contributed by atoms with van der Waals surface area (Å²) in [5, 5.41) is 22.5. The highest BCUT2D eigenvalue weighted by molar-refractivity contribution is 5.96. The Kier molecular flexibility index (Phi) is 4.21.